The SMILES string of the molecule is C=Cc1ccc(Cn2nc(CCCCc3nc(N)n(Cc4ccc(C=C)cc4)n3)nc2N)cc1. The van der Waals surface area contributed by atoms with Crippen LogP contribution in [0.3, 0.4) is 0 Å². The van der Waals surface area contributed by atoms with Gasteiger partial charge in [0.1, 0.15) is 0 Å². The van der Waals surface area contributed by atoms with E-state index in [4.69, 9.17) is 11.5 Å². The number of rotatable bonds is 11. The largest absolute Gasteiger partial charge is 0.368 e. The second-order valence-corrected chi connectivity index (χ2v) is 8.19. The molecule has 174 valence electrons. The number of nitrogen functional groups attached to an aromatic ring is 2. The van der Waals surface area contributed by atoms with E-state index in [1.807, 2.05) is 60.7 Å². The number of aryl methyl sites for hydroxylation is 2. The molecule has 8 nitrogen and oxygen atoms in total. The van der Waals surface area contributed by atoms with Crippen molar-refractivity contribution in [1.29, 1.82) is 0 Å². The Morgan fingerprint density at radius 1 is 0.647 bits per heavy atom. The molecule has 0 bridgehead atoms. The average molecular weight is 455 g/mol. The van der Waals surface area contributed by atoms with Gasteiger partial charge in [-0.3, -0.25) is 0 Å². The molecule has 34 heavy (non-hydrogen) atoms. The minimum Gasteiger partial charge on any atom is -0.368 e. The van der Waals surface area contributed by atoms with E-state index in [0.717, 1.165) is 59.6 Å². The Kier molecular flexibility index (Phi) is 7.17. The van der Waals surface area contributed by atoms with Gasteiger partial charge in [-0.15, -0.1) is 0 Å². The topological polar surface area (TPSA) is 113 Å². The van der Waals surface area contributed by atoms with Crippen LogP contribution >= 0.6 is 0 Å². The van der Waals surface area contributed by atoms with Crippen LogP contribution in [0.25, 0.3) is 12.2 Å². The summed E-state index contributed by atoms with van der Waals surface area (Å²) in [6, 6.07) is 16.3. The summed E-state index contributed by atoms with van der Waals surface area (Å²) in [7, 11) is 0. The van der Waals surface area contributed by atoms with Gasteiger partial charge in [0.25, 0.3) is 0 Å². The van der Waals surface area contributed by atoms with Crippen LogP contribution in [0.2, 0.25) is 0 Å². The predicted molar refractivity (Wildman–Crippen MR) is 137 cm³/mol. The first kappa shape index (κ1) is 23.0. The Balaban J connectivity index is 1.26. The second kappa shape index (κ2) is 10.6. The van der Waals surface area contributed by atoms with Gasteiger partial charge in [0.2, 0.25) is 11.9 Å². The van der Waals surface area contributed by atoms with Gasteiger partial charge in [-0.1, -0.05) is 73.8 Å². The molecule has 0 saturated heterocycles. The Bertz CT molecular complexity index is 1150. The van der Waals surface area contributed by atoms with Crippen LogP contribution in [0.1, 0.15) is 46.7 Å². The quantitative estimate of drug-likeness (QED) is 0.331. The fourth-order valence-electron chi connectivity index (χ4n) is 3.68. The van der Waals surface area contributed by atoms with E-state index in [0.29, 0.717) is 25.0 Å². The van der Waals surface area contributed by atoms with Gasteiger partial charge in [0, 0.05) is 12.8 Å². The molecule has 0 spiro atoms. The van der Waals surface area contributed by atoms with E-state index in [2.05, 4.69) is 33.3 Å². The fraction of sp³-hybridized carbons (Fsp3) is 0.231. The zero-order chi connectivity index (χ0) is 23.9. The third kappa shape index (κ3) is 5.78. The summed E-state index contributed by atoms with van der Waals surface area (Å²) in [5.41, 5.74) is 16.5. The molecular weight excluding hydrogens is 424 g/mol. The lowest BCUT2D eigenvalue weighted by molar-refractivity contribution is 0.640. The highest BCUT2D eigenvalue weighted by Gasteiger charge is 2.10. The molecule has 0 aliphatic rings. The lowest BCUT2D eigenvalue weighted by Crippen LogP contribution is -2.06. The first-order chi connectivity index (χ1) is 16.5. The third-order valence-corrected chi connectivity index (χ3v) is 5.63. The predicted octanol–water partition coefficient (Wildman–Crippen LogP) is 3.98. The zero-order valence-electron chi connectivity index (χ0n) is 19.3. The van der Waals surface area contributed by atoms with Gasteiger partial charge < -0.3 is 11.5 Å². The standard InChI is InChI=1S/C26H30N8/c1-3-19-9-13-21(14-10-19)17-33-25(27)29-23(31-33)7-5-6-8-24-30-26(28)34(32-24)18-22-15-11-20(4-2)12-16-22/h3-4,9-16H,1-2,5-8,17-18H2,(H2,27,29,31)(H2,28,30,32). The molecule has 0 amide bonds. The minimum atomic E-state index is 0.428. The zero-order valence-corrected chi connectivity index (χ0v) is 19.3. The fourth-order valence-corrected chi connectivity index (χ4v) is 3.68. The summed E-state index contributed by atoms with van der Waals surface area (Å²) in [6.45, 7) is 8.74. The molecule has 2 aromatic carbocycles. The van der Waals surface area contributed by atoms with Crippen molar-refractivity contribution in [2.24, 2.45) is 0 Å². The number of benzene rings is 2. The van der Waals surface area contributed by atoms with Gasteiger partial charge in [0.05, 0.1) is 13.1 Å². The number of unbranched alkanes of at least 4 members (excludes halogenated alkanes) is 1. The maximum atomic E-state index is 6.07. The summed E-state index contributed by atoms with van der Waals surface area (Å²) in [4.78, 5) is 8.83. The first-order valence-electron chi connectivity index (χ1n) is 11.3. The molecule has 2 aromatic heterocycles. The first-order valence-corrected chi connectivity index (χ1v) is 11.3. The molecule has 0 fully saturated rings. The summed E-state index contributed by atoms with van der Waals surface area (Å²) >= 11 is 0. The molecule has 0 atom stereocenters. The van der Waals surface area contributed by atoms with Crippen molar-refractivity contribution in [2.75, 3.05) is 11.5 Å². The number of hydrogen-bond acceptors (Lipinski definition) is 6. The van der Waals surface area contributed by atoms with Crippen molar-refractivity contribution >= 4 is 24.0 Å². The molecule has 8 heteroatoms. The maximum absolute atomic E-state index is 6.07. The van der Waals surface area contributed by atoms with Crippen LogP contribution in [-0.2, 0) is 25.9 Å². The van der Waals surface area contributed by atoms with Crippen LogP contribution in [0.15, 0.2) is 61.7 Å². The van der Waals surface area contributed by atoms with E-state index < -0.39 is 0 Å². The molecule has 0 saturated carbocycles. The van der Waals surface area contributed by atoms with Gasteiger partial charge >= 0.3 is 0 Å². The summed E-state index contributed by atoms with van der Waals surface area (Å²) in [5.74, 6) is 2.36. The van der Waals surface area contributed by atoms with Gasteiger partial charge in [0.15, 0.2) is 11.6 Å². The Labute approximate surface area is 199 Å². The van der Waals surface area contributed by atoms with E-state index >= 15 is 0 Å². The summed E-state index contributed by atoms with van der Waals surface area (Å²) in [5, 5.41) is 9.14. The van der Waals surface area contributed by atoms with E-state index in [1.165, 1.54) is 0 Å². The monoisotopic (exact) mass is 454 g/mol. The number of nitrogens with zero attached hydrogens (tertiary/aromatic N) is 6. The lowest BCUT2D eigenvalue weighted by atomic mass is 10.1. The molecule has 0 aliphatic heterocycles. The van der Waals surface area contributed by atoms with Gasteiger partial charge in [-0.2, -0.15) is 20.2 Å². The number of nitrogens with two attached hydrogens (primary N) is 2. The van der Waals surface area contributed by atoms with E-state index in [1.54, 1.807) is 9.36 Å². The maximum Gasteiger partial charge on any atom is 0.219 e. The van der Waals surface area contributed by atoms with Crippen molar-refractivity contribution in [3.63, 3.8) is 0 Å². The Morgan fingerprint density at radius 3 is 1.38 bits per heavy atom. The smallest absolute Gasteiger partial charge is 0.219 e. The van der Waals surface area contributed by atoms with Gasteiger partial charge in [-0.05, 0) is 35.1 Å². The second-order valence-electron chi connectivity index (χ2n) is 8.19. The number of hydrogen-bond donors (Lipinski definition) is 2. The van der Waals surface area contributed by atoms with Crippen LogP contribution in [0.5, 0.6) is 0 Å². The van der Waals surface area contributed by atoms with Crippen molar-refractivity contribution in [3.05, 3.63) is 95.6 Å². The van der Waals surface area contributed by atoms with Crippen molar-refractivity contribution in [1.82, 2.24) is 29.5 Å². The van der Waals surface area contributed by atoms with E-state index in [-0.39, 0.29) is 0 Å². The molecule has 0 radical (unpaired) electrons. The van der Waals surface area contributed by atoms with Crippen LogP contribution in [0.4, 0.5) is 11.9 Å². The highest BCUT2D eigenvalue weighted by atomic mass is 15.4. The van der Waals surface area contributed by atoms with E-state index in [9.17, 15) is 0 Å². The molecule has 0 aliphatic carbocycles. The van der Waals surface area contributed by atoms with Gasteiger partial charge in [-0.25, -0.2) is 9.36 Å². The molecule has 4 aromatic rings. The molecule has 4 N–H and O–H groups in total. The number of aromatic nitrogens is 6. The molecule has 2 heterocycles. The lowest BCUT2D eigenvalue weighted by Gasteiger charge is -2.03. The molecular formula is C26H30N8. The highest BCUT2D eigenvalue weighted by molar-refractivity contribution is 5.48. The normalized spacial score (nSPS) is 10.9. The van der Waals surface area contributed by atoms with Crippen molar-refractivity contribution in [3.8, 4) is 0 Å². The Morgan fingerprint density at radius 2 is 1.03 bits per heavy atom. The average Bonchev–Trinajstić information content (AvgIpc) is 3.38. The minimum absolute atomic E-state index is 0.428. The summed E-state index contributed by atoms with van der Waals surface area (Å²) < 4.78 is 3.48. The van der Waals surface area contributed by atoms with Crippen LogP contribution in [0, 0.1) is 0 Å². The van der Waals surface area contributed by atoms with Crippen molar-refractivity contribution < 1.29 is 0 Å². The number of anilines is 2. The highest BCUT2D eigenvalue weighted by Crippen LogP contribution is 2.13. The van der Waals surface area contributed by atoms with Crippen molar-refractivity contribution in [2.45, 2.75) is 38.8 Å². The summed E-state index contributed by atoms with van der Waals surface area (Å²) in [6.07, 6.45) is 6.96. The van der Waals surface area contributed by atoms with Crippen LogP contribution < -0.4 is 11.5 Å². The molecule has 0 unspecified atom stereocenters. The molecule has 4 rings (SSSR count). The third-order valence-electron chi connectivity index (χ3n) is 5.63. The Hall–Kier alpha value is -4.20. The van der Waals surface area contributed by atoms with Crippen LogP contribution in [-0.4, -0.2) is 29.5 Å².